The fourth-order valence-electron chi connectivity index (χ4n) is 0.787. The van der Waals surface area contributed by atoms with E-state index in [9.17, 15) is 0 Å². The summed E-state index contributed by atoms with van der Waals surface area (Å²) >= 11 is 6.76. The molecule has 0 aromatic heterocycles. The standard InChI is InChI=1S/C8H8Br2N4/c9-6-2-1-3-7(10)5(6)4-13-14-8(11)12/h1-4H,(H4,11,12,14). The van der Waals surface area contributed by atoms with Crippen LogP contribution in [-0.4, -0.2) is 12.2 Å². The fraction of sp³-hybridized carbons (Fsp3) is 0. The molecule has 4 nitrogen and oxygen atoms in total. The Morgan fingerprint density at radius 2 is 1.79 bits per heavy atom. The second kappa shape index (κ2) is 5.11. The van der Waals surface area contributed by atoms with E-state index in [-0.39, 0.29) is 5.96 Å². The molecule has 0 bridgehead atoms. The first kappa shape index (κ1) is 11.2. The fourth-order valence-corrected chi connectivity index (χ4v) is 1.99. The third-order valence-corrected chi connectivity index (χ3v) is 2.74. The second-order valence-electron chi connectivity index (χ2n) is 2.40. The predicted octanol–water partition coefficient (Wildman–Crippen LogP) is 1.82. The van der Waals surface area contributed by atoms with E-state index in [4.69, 9.17) is 11.5 Å². The Morgan fingerprint density at radius 3 is 2.29 bits per heavy atom. The van der Waals surface area contributed by atoms with Gasteiger partial charge in [0.2, 0.25) is 5.96 Å². The van der Waals surface area contributed by atoms with Crippen LogP contribution in [0.2, 0.25) is 0 Å². The summed E-state index contributed by atoms with van der Waals surface area (Å²) in [5.74, 6) is -0.0653. The zero-order chi connectivity index (χ0) is 10.6. The molecule has 0 saturated heterocycles. The first-order valence-corrected chi connectivity index (χ1v) is 5.26. The van der Waals surface area contributed by atoms with Crippen LogP contribution in [0.15, 0.2) is 37.3 Å². The van der Waals surface area contributed by atoms with E-state index in [0.29, 0.717) is 0 Å². The molecule has 74 valence electrons. The molecule has 0 spiro atoms. The highest BCUT2D eigenvalue weighted by atomic mass is 79.9. The molecule has 0 aliphatic heterocycles. The van der Waals surface area contributed by atoms with Crippen molar-refractivity contribution in [1.82, 2.24) is 0 Å². The molecule has 0 aliphatic rings. The molecular weight excluding hydrogens is 312 g/mol. The molecule has 0 radical (unpaired) electrons. The summed E-state index contributed by atoms with van der Waals surface area (Å²) in [6.07, 6.45) is 1.56. The summed E-state index contributed by atoms with van der Waals surface area (Å²) in [6.45, 7) is 0. The Hall–Kier alpha value is -0.880. The van der Waals surface area contributed by atoms with Gasteiger partial charge >= 0.3 is 0 Å². The molecule has 0 atom stereocenters. The number of hydrogen-bond acceptors (Lipinski definition) is 2. The molecule has 0 heterocycles. The van der Waals surface area contributed by atoms with Crippen LogP contribution in [0.3, 0.4) is 0 Å². The van der Waals surface area contributed by atoms with Gasteiger partial charge in [0.15, 0.2) is 0 Å². The van der Waals surface area contributed by atoms with Crippen molar-refractivity contribution in [2.24, 2.45) is 21.7 Å². The van der Waals surface area contributed by atoms with Crippen molar-refractivity contribution in [3.63, 3.8) is 0 Å². The van der Waals surface area contributed by atoms with Gasteiger partial charge in [-0.3, -0.25) is 0 Å². The Labute approximate surface area is 98.3 Å². The molecule has 0 saturated carbocycles. The highest BCUT2D eigenvalue weighted by molar-refractivity contribution is 9.11. The van der Waals surface area contributed by atoms with Crippen molar-refractivity contribution >= 4 is 44.0 Å². The zero-order valence-electron chi connectivity index (χ0n) is 7.11. The van der Waals surface area contributed by atoms with Crippen LogP contribution in [-0.2, 0) is 0 Å². The number of halogens is 2. The highest BCUT2D eigenvalue weighted by Gasteiger charge is 2.00. The predicted molar refractivity (Wildman–Crippen MR) is 65.2 cm³/mol. The van der Waals surface area contributed by atoms with Crippen molar-refractivity contribution < 1.29 is 0 Å². The van der Waals surface area contributed by atoms with Gasteiger partial charge in [-0.05, 0) is 12.1 Å². The topological polar surface area (TPSA) is 76.8 Å². The van der Waals surface area contributed by atoms with Gasteiger partial charge in [0, 0.05) is 14.5 Å². The maximum absolute atomic E-state index is 5.12. The summed E-state index contributed by atoms with van der Waals surface area (Å²) in [5, 5.41) is 7.22. The second-order valence-corrected chi connectivity index (χ2v) is 4.11. The first-order valence-electron chi connectivity index (χ1n) is 3.67. The lowest BCUT2D eigenvalue weighted by atomic mass is 10.2. The lowest BCUT2D eigenvalue weighted by molar-refractivity contribution is 1.21. The highest BCUT2D eigenvalue weighted by Crippen LogP contribution is 2.23. The lowest BCUT2D eigenvalue weighted by Gasteiger charge is -1.99. The van der Waals surface area contributed by atoms with E-state index < -0.39 is 0 Å². The monoisotopic (exact) mass is 318 g/mol. The average Bonchev–Trinajstić information content (AvgIpc) is 2.09. The summed E-state index contributed by atoms with van der Waals surface area (Å²) < 4.78 is 1.84. The number of guanidine groups is 1. The minimum atomic E-state index is -0.0653. The summed E-state index contributed by atoms with van der Waals surface area (Å²) in [6, 6.07) is 5.72. The Kier molecular flexibility index (Phi) is 4.09. The quantitative estimate of drug-likeness (QED) is 0.495. The van der Waals surface area contributed by atoms with Crippen LogP contribution in [0.25, 0.3) is 0 Å². The Balaban J connectivity index is 2.97. The van der Waals surface area contributed by atoms with Crippen LogP contribution in [0, 0.1) is 0 Å². The zero-order valence-corrected chi connectivity index (χ0v) is 10.3. The SMILES string of the molecule is NC(N)=NN=Cc1c(Br)cccc1Br. The molecular formula is C8H8Br2N4. The van der Waals surface area contributed by atoms with Crippen LogP contribution in [0.4, 0.5) is 0 Å². The van der Waals surface area contributed by atoms with Gasteiger partial charge in [-0.1, -0.05) is 37.9 Å². The molecule has 0 amide bonds. The maximum atomic E-state index is 5.12. The van der Waals surface area contributed by atoms with Crippen molar-refractivity contribution in [3.8, 4) is 0 Å². The van der Waals surface area contributed by atoms with Crippen molar-refractivity contribution in [2.75, 3.05) is 0 Å². The first-order chi connectivity index (χ1) is 6.61. The van der Waals surface area contributed by atoms with Gasteiger partial charge in [0.1, 0.15) is 0 Å². The van der Waals surface area contributed by atoms with Crippen molar-refractivity contribution in [2.45, 2.75) is 0 Å². The average molecular weight is 320 g/mol. The van der Waals surface area contributed by atoms with Gasteiger partial charge in [0.05, 0.1) is 6.21 Å². The molecule has 0 fully saturated rings. The summed E-state index contributed by atoms with van der Waals surface area (Å²) in [7, 11) is 0. The smallest absolute Gasteiger partial charge is 0.211 e. The van der Waals surface area contributed by atoms with E-state index >= 15 is 0 Å². The molecule has 0 aliphatic carbocycles. The summed E-state index contributed by atoms with van der Waals surface area (Å²) in [4.78, 5) is 0. The summed E-state index contributed by atoms with van der Waals surface area (Å²) in [5.41, 5.74) is 11.1. The number of nitrogens with two attached hydrogens (primary N) is 2. The molecule has 6 heteroatoms. The normalized spacial score (nSPS) is 10.4. The van der Waals surface area contributed by atoms with Gasteiger partial charge in [-0.25, -0.2) is 0 Å². The van der Waals surface area contributed by atoms with E-state index in [0.717, 1.165) is 14.5 Å². The largest absolute Gasteiger partial charge is 0.369 e. The minimum absolute atomic E-state index is 0.0653. The molecule has 1 aromatic rings. The van der Waals surface area contributed by atoms with Gasteiger partial charge in [-0.2, -0.15) is 5.10 Å². The Morgan fingerprint density at radius 1 is 1.21 bits per heavy atom. The van der Waals surface area contributed by atoms with E-state index in [1.807, 2.05) is 18.2 Å². The number of rotatable bonds is 2. The van der Waals surface area contributed by atoms with Crippen LogP contribution in [0.1, 0.15) is 5.56 Å². The van der Waals surface area contributed by atoms with Crippen LogP contribution in [0.5, 0.6) is 0 Å². The molecule has 0 unspecified atom stereocenters. The minimum Gasteiger partial charge on any atom is -0.369 e. The lowest BCUT2D eigenvalue weighted by Crippen LogP contribution is -2.21. The molecule has 1 aromatic carbocycles. The van der Waals surface area contributed by atoms with Crippen LogP contribution < -0.4 is 11.5 Å². The molecule has 1 rings (SSSR count). The third-order valence-electron chi connectivity index (χ3n) is 1.36. The molecule has 4 N–H and O–H groups in total. The van der Waals surface area contributed by atoms with Gasteiger partial charge in [0.25, 0.3) is 0 Å². The Bertz CT molecular complexity index is 363. The van der Waals surface area contributed by atoms with Crippen molar-refractivity contribution in [1.29, 1.82) is 0 Å². The number of hydrogen-bond donors (Lipinski definition) is 2. The maximum Gasteiger partial charge on any atom is 0.211 e. The number of benzene rings is 1. The van der Waals surface area contributed by atoms with E-state index in [2.05, 4.69) is 42.1 Å². The van der Waals surface area contributed by atoms with E-state index in [1.165, 1.54) is 0 Å². The van der Waals surface area contributed by atoms with Gasteiger partial charge < -0.3 is 11.5 Å². The molecule has 14 heavy (non-hydrogen) atoms. The number of nitrogens with zero attached hydrogens (tertiary/aromatic N) is 2. The van der Waals surface area contributed by atoms with E-state index in [1.54, 1.807) is 6.21 Å². The van der Waals surface area contributed by atoms with Crippen LogP contribution >= 0.6 is 31.9 Å². The van der Waals surface area contributed by atoms with Gasteiger partial charge in [-0.15, -0.1) is 5.10 Å². The third kappa shape index (κ3) is 3.12. The van der Waals surface area contributed by atoms with Crippen molar-refractivity contribution in [3.05, 3.63) is 32.7 Å².